The summed E-state index contributed by atoms with van der Waals surface area (Å²) in [4.78, 5) is 23.7. The average molecular weight is 359 g/mol. The minimum Gasteiger partial charge on any atom is -0.340 e. The van der Waals surface area contributed by atoms with Gasteiger partial charge in [-0.3, -0.25) is 4.79 Å². The molecule has 3 rings (SSSR count). The summed E-state index contributed by atoms with van der Waals surface area (Å²) in [5.74, 6) is 1.16. The number of carbonyl (C=O) groups is 1. The van der Waals surface area contributed by atoms with Crippen LogP contribution in [0.5, 0.6) is 0 Å². The molecule has 25 heavy (non-hydrogen) atoms. The third kappa shape index (κ3) is 4.28. The Hall–Kier alpha value is -2.14. The van der Waals surface area contributed by atoms with Crippen LogP contribution in [0.1, 0.15) is 48.9 Å². The summed E-state index contributed by atoms with van der Waals surface area (Å²) in [5.41, 5.74) is 1.27. The Morgan fingerprint density at radius 3 is 2.92 bits per heavy atom. The molecule has 1 aromatic carbocycles. The summed E-state index contributed by atoms with van der Waals surface area (Å²) in [5, 5.41) is 3.85. The molecular formula is C19H23ClN4O. The Kier molecular flexibility index (Phi) is 5.53. The maximum atomic E-state index is 13.0. The minimum atomic E-state index is -0.00815. The maximum absolute atomic E-state index is 13.0. The highest BCUT2D eigenvalue weighted by Crippen LogP contribution is 2.23. The number of halogens is 1. The van der Waals surface area contributed by atoms with Gasteiger partial charge in [0.05, 0.1) is 0 Å². The molecule has 1 N–H and O–H groups in total. The molecule has 0 spiro atoms. The fraction of sp³-hybridized carbons (Fsp3) is 0.421. The highest BCUT2D eigenvalue weighted by molar-refractivity contribution is 6.30. The van der Waals surface area contributed by atoms with E-state index in [1.807, 2.05) is 29.2 Å². The number of hydrogen-bond donors (Lipinski definition) is 1. The van der Waals surface area contributed by atoms with Crippen LogP contribution in [0.2, 0.25) is 5.02 Å². The Morgan fingerprint density at radius 2 is 2.16 bits per heavy atom. The number of aryl methyl sites for hydroxylation is 1. The first-order chi connectivity index (χ1) is 12.1. The van der Waals surface area contributed by atoms with Crippen molar-refractivity contribution < 1.29 is 4.79 Å². The van der Waals surface area contributed by atoms with Crippen LogP contribution in [0.15, 0.2) is 30.3 Å². The van der Waals surface area contributed by atoms with Crippen molar-refractivity contribution in [3.05, 3.63) is 46.9 Å². The van der Waals surface area contributed by atoms with Gasteiger partial charge >= 0.3 is 0 Å². The van der Waals surface area contributed by atoms with E-state index in [-0.39, 0.29) is 5.91 Å². The molecule has 0 saturated carbocycles. The lowest BCUT2D eigenvalue weighted by molar-refractivity contribution is 0.0601. The number of amides is 1. The zero-order valence-electron chi connectivity index (χ0n) is 14.6. The molecule has 0 aliphatic carbocycles. The molecule has 2 heterocycles. The lowest BCUT2D eigenvalue weighted by Crippen LogP contribution is -2.43. The fourth-order valence-electron chi connectivity index (χ4n) is 3.29. The number of rotatable bonds is 4. The standard InChI is InChI=1S/C19H23ClN4O/c1-3-16-9-4-5-10-24(16)19(25)17-12-18(22-13(2)21-17)23-15-8-6-7-14(20)11-15/h6-8,11-12,16H,3-5,9-10H2,1-2H3,(H,21,22,23). The van der Waals surface area contributed by atoms with Crippen LogP contribution in [0.4, 0.5) is 11.5 Å². The summed E-state index contributed by atoms with van der Waals surface area (Å²) in [6, 6.07) is 9.43. The first kappa shape index (κ1) is 17.7. The van der Waals surface area contributed by atoms with Crippen molar-refractivity contribution in [2.75, 3.05) is 11.9 Å². The zero-order chi connectivity index (χ0) is 17.8. The molecule has 5 nitrogen and oxygen atoms in total. The number of nitrogens with zero attached hydrogens (tertiary/aromatic N) is 3. The van der Waals surface area contributed by atoms with Crippen LogP contribution < -0.4 is 5.32 Å². The van der Waals surface area contributed by atoms with Crippen molar-refractivity contribution in [2.24, 2.45) is 0 Å². The van der Waals surface area contributed by atoms with Crippen LogP contribution in [0.25, 0.3) is 0 Å². The Bertz CT molecular complexity index is 765. The first-order valence-corrected chi connectivity index (χ1v) is 9.14. The highest BCUT2D eigenvalue weighted by atomic mass is 35.5. The normalized spacial score (nSPS) is 17.4. The van der Waals surface area contributed by atoms with Crippen molar-refractivity contribution in [1.82, 2.24) is 14.9 Å². The molecule has 1 aromatic heterocycles. The second kappa shape index (κ2) is 7.83. The van der Waals surface area contributed by atoms with Gasteiger partial charge in [-0.15, -0.1) is 0 Å². The molecule has 1 unspecified atom stereocenters. The summed E-state index contributed by atoms with van der Waals surface area (Å²) in [6.45, 7) is 4.73. The van der Waals surface area contributed by atoms with Gasteiger partial charge in [0, 0.05) is 29.4 Å². The molecule has 132 valence electrons. The second-order valence-electron chi connectivity index (χ2n) is 6.38. The van der Waals surface area contributed by atoms with E-state index in [1.54, 1.807) is 13.0 Å². The van der Waals surface area contributed by atoms with E-state index in [0.717, 1.165) is 31.5 Å². The molecule has 1 amide bonds. The molecule has 2 aromatic rings. The molecule has 1 atom stereocenters. The average Bonchev–Trinajstić information content (AvgIpc) is 2.60. The van der Waals surface area contributed by atoms with E-state index in [9.17, 15) is 4.79 Å². The molecule has 1 saturated heterocycles. The Balaban J connectivity index is 1.84. The lowest BCUT2D eigenvalue weighted by Gasteiger charge is -2.35. The van der Waals surface area contributed by atoms with E-state index < -0.39 is 0 Å². The summed E-state index contributed by atoms with van der Waals surface area (Å²) in [7, 11) is 0. The number of piperidine rings is 1. The van der Waals surface area contributed by atoms with Gasteiger partial charge in [-0.1, -0.05) is 24.6 Å². The van der Waals surface area contributed by atoms with Crippen LogP contribution in [0, 0.1) is 6.92 Å². The summed E-state index contributed by atoms with van der Waals surface area (Å²) < 4.78 is 0. The van der Waals surface area contributed by atoms with Crippen LogP contribution in [-0.4, -0.2) is 33.4 Å². The number of likely N-dealkylation sites (tertiary alicyclic amines) is 1. The Morgan fingerprint density at radius 1 is 1.32 bits per heavy atom. The Labute approximate surface area is 153 Å². The van der Waals surface area contributed by atoms with Gasteiger partial charge in [-0.25, -0.2) is 9.97 Å². The molecule has 1 fully saturated rings. The summed E-state index contributed by atoms with van der Waals surface area (Å²) in [6.07, 6.45) is 4.29. The van der Waals surface area contributed by atoms with Crippen molar-refractivity contribution in [1.29, 1.82) is 0 Å². The van der Waals surface area contributed by atoms with Gasteiger partial charge < -0.3 is 10.2 Å². The minimum absolute atomic E-state index is 0.00815. The topological polar surface area (TPSA) is 58.1 Å². The predicted molar refractivity (Wildman–Crippen MR) is 100 cm³/mol. The number of anilines is 2. The van der Waals surface area contributed by atoms with Gasteiger partial charge in [-0.05, 0) is 50.8 Å². The van der Waals surface area contributed by atoms with Gasteiger partial charge in [0.15, 0.2) is 0 Å². The monoisotopic (exact) mass is 358 g/mol. The fourth-order valence-corrected chi connectivity index (χ4v) is 3.49. The van der Waals surface area contributed by atoms with E-state index in [2.05, 4.69) is 22.2 Å². The van der Waals surface area contributed by atoms with Gasteiger partial charge in [0.2, 0.25) is 0 Å². The van der Waals surface area contributed by atoms with Crippen LogP contribution in [-0.2, 0) is 0 Å². The zero-order valence-corrected chi connectivity index (χ0v) is 15.4. The van der Waals surface area contributed by atoms with E-state index >= 15 is 0 Å². The number of benzene rings is 1. The highest BCUT2D eigenvalue weighted by Gasteiger charge is 2.27. The van der Waals surface area contributed by atoms with Gasteiger partial charge in [0.25, 0.3) is 5.91 Å². The number of carbonyl (C=O) groups excluding carboxylic acids is 1. The van der Waals surface area contributed by atoms with E-state index in [4.69, 9.17) is 11.6 Å². The van der Waals surface area contributed by atoms with Crippen LogP contribution >= 0.6 is 11.6 Å². The predicted octanol–water partition coefficient (Wildman–Crippen LogP) is 4.59. The molecular weight excluding hydrogens is 336 g/mol. The molecule has 1 aliphatic rings. The smallest absolute Gasteiger partial charge is 0.272 e. The molecule has 6 heteroatoms. The van der Waals surface area contributed by atoms with E-state index in [0.29, 0.717) is 28.4 Å². The number of nitrogens with one attached hydrogen (secondary N) is 1. The third-order valence-electron chi connectivity index (χ3n) is 4.51. The van der Waals surface area contributed by atoms with Gasteiger partial charge in [0.1, 0.15) is 17.3 Å². The molecule has 1 aliphatic heterocycles. The van der Waals surface area contributed by atoms with Crippen molar-refractivity contribution >= 4 is 29.0 Å². The lowest BCUT2D eigenvalue weighted by atomic mass is 9.99. The van der Waals surface area contributed by atoms with Gasteiger partial charge in [-0.2, -0.15) is 0 Å². The SMILES string of the molecule is CCC1CCCCN1C(=O)c1cc(Nc2cccc(Cl)c2)nc(C)n1. The largest absolute Gasteiger partial charge is 0.340 e. The quantitative estimate of drug-likeness (QED) is 0.868. The summed E-state index contributed by atoms with van der Waals surface area (Å²) >= 11 is 6.02. The van der Waals surface area contributed by atoms with Crippen molar-refractivity contribution in [3.63, 3.8) is 0 Å². The second-order valence-corrected chi connectivity index (χ2v) is 6.81. The van der Waals surface area contributed by atoms with Crippen LogP contribution in [0.3, 0.4) is 0 Å². The van der Waals surface area contributed by atoms with Crippen molar-refractivity contribution in [3.8, 4) is 0 Å². The van der Waals surface area contributed by atoms with E-state index in [1.165, 1.54) is 6.42 Å². The molecule has 0 radical (unpaired) electrons. The molecule has 0 bridgehead atoms. The maximum Gasteiger partial charge on any atom is 0.272 e. The third-order valence-corrected chi connectivity index (χ3v) is 4.75. The number of hydrogen-bond acceptors (Lipinski definition) is 4. The van der Waals surface area contributed by atoms with Crippen molar-refractivity contribution in [2.45, 2.75) is 45.6 Å². The first-order valence-electron chi connectivity index (χ1n) is 8.76. The number of aromatic nitrogens is 2.